The van der Waals surface area contributed by atoms with Gasteiger partial charge in [0.05, 0.1) is 11.5 Å². The monoisotopic (exact) mass is 284 g/mol. The molecule has 1 rings (SSSR count). The van der Waals surface area contributed by atoms with Gasteiger partial charge in [-0.15, -0.1) is 0 Å². The molecule has 0 heterocycles. The summed E-state index contributed by atoms with van der Waals surface area (Å²) in [5, 5.41) is 19.4. The zero-order valence-corrected chi connectivity index (χ0v) is 11.6. The van der Waals surface area contributed by atoms with Crippen molar-refractivity contribution >= 4 is 11.7 Å². The molecular formula is C13H17FN2O4. The van der Waals surface area contributed by atoms with Gasteiger partial charge in [0.1, 0.15) is 0 Å². The minimum atomic E-state index is -0.984. The molecule has 0 unspecified atom stereocenters. The molecule has 0 aromatic heterocycles. The molecule has 0 atom stereocenters. The zero-order chi connectivity index (χ0) is 15.5. The Hall–Kier alpha value is -2.02. The van der Waals surface area contributed by atoms with Crippen LogP contribution in [0.5, 0.6) is 0 Å². The molecule has 0 spiro atoms. The summed E-state index contributed by atoms with van der Waals surface area (Å²) in [5.41, 5.74) is -0.519. The van der Waals surface area contributed by atoms with E-state index in [2.05, 4.69) is 0 Å². The predicted octanol–water partition coefficient (Wildman–Crippen LogP) is 2.42. The molecule has 0 radical (unpaired) electrons. The number of nitrogens with zero attached hydrogens (tertiary/aromatic N) is 2. The topological polar surface area (TPSA) is 83.7 Å². The van der Waals surface area contributed by atoms with E-state index in [9.17, 15) is 19.3 Å². The number of nitro benzene ring substituents is 1. The minimum Gasteiger partial charge on any atom is -0.480 e. The van der Waals surface area contributed by atoms with Gasteiger partial charge in [0.2, 0.25) is 5.82 Å². The summed E-state index contributed by atoms with van der Waals surface area (Å²) in [6.07, 6.45) is 0. The van der Waals surface area contributed by atoms with Gasteiger partial charge in [-0.1, -0.05) is 6.07 Å². The Kier molecular flexibility index (Phi) is 4.78. The lowest BCUT2D eigenvalue weighted by Gasteiger charge is -2.34. The van der Waals surface area contributed by atoms with E-state index >= 15 is 0 Å². The van der Waals surface area contributed by atoms with Crippen LogP contribution < -0.4 is 0 Å². The third kappa shape index (κ3) is 4.27. The molecule has 7 heteroatoms. The van der Waals surface area contributed by atoms with Gasteiger partial charge in [-0.25, -0.2) is 0 Å². The molecule has 0 aliphatic carbocycles. The van der Waals surface area contributed by atoms with Crippen LogP contribution in [0.3, 0.4) is 0 Å². The first-order chi connectivity index (χ1) is 9.11. The molecule has 20 heavy (non-hydrogen) atoms. The van der Waals surface area contributed by atoms with Crippen LogP contribution in [0.1, 0.15) is 26.3 Å². The van der Waals surface area contributed by atoms with E-state index in [0.717, 1.165) is 12.1 Å². The summed E-state index contributed by atoms with van der Waals surface area (Å²) in [4.78, 5) is 22.2. The number of hydrogen-bond donors (Lipinski definition) is 1. The Morgan fingerprint density at radius 1 is 1.45 bits per heavy atom. The first-order valence-corrected chi connectivity index (χ1v) is 6.01. The maximum atomic E-state index is 13.5. The van der Waals surface area contributed by atoms with E-state index in [1.807, 2.05) is 20.8 Å². The summed E-state index contributed by atoms with van der Waals surface area (Å²) in [6, 6.07) is 3.59. The Bertz CT molecular complexity index is 526. The van der Waals surface area contributed by atoms with Gasteiger partial charge < -0.3 is 5.11 Å². The van der Waals surface area contributed by atoms with Crippen molar-refractivity contribution < 1.29 is 19.2 Å². The van der Waals surface area contributed by atoms with Crippen LogP contribution >= 0.6 is 0 Å². The van der Waals surface area contributed by atoms with Crippen molar-refractivity contribution in [3.05, 3.63) is 39.7 Å². The van der Waals surface area contributed by atoms with Crippen molar-refractivity contribution in [2.24, 2.45) is 0 Å². The van der Waals surface area contributed by atoms with E-state index in [4.69, 9.17) is 5.11 Å². The van der Waals surface area contributed by atoms with E-state index in [-0.39, 0.29) is 13.1 Å². The zero-order valence-electron chi connectivity index (χ0n) is 11.6. The number of carboxylic acid groups (broad SMARTS) is 1. The van der Waals surface area contributed by atoms with Crippen LogP contribution in [0, 0.1) is 15.9 Å². The first-order valence-electron chi connectivity index (χ1n) is 6.01. The fourth-order valence-corrected chi connectivity index (χ4v) is 1.71. The lowest BCUT2D eigenvalue weighted by Crippen LogP contribution is -2.43. The van der Waals surface area contributed by atoms with E-state index in [1.165, 1.54) is 6.07 Å². The average molecular weight is 284 g/mol. The second-order valence-corrected chi connectivity index (χ2v) is 5.46. The molecule has 0 aliphatic heterocycles. The molecule has 0 aliphatic rings. The molecule has 0 saturated heterocycles. The lowest BCUT2D eigenvalue weighted by molar-refractivity contribution is -0.387. The highest BCUT2D eigenvalue weighted by Crippen LogP contribution is 2.21. The van der Waals surface area contributed by atoms with Gasteiger partial charge in [0, 0.05) is 18.2 Å². The third-order valence-electron chi connectivity index (χ3n) is 2.86. The number of aliphatic carboxylic acids is 1. The quantitative estimate of drug-likeness (QED) is 0.663. The van der Waals surface area contributed by atoms with Crippen molar-refractivity contribution in [2.75, 3.05) is 6.54 Å². The standard InChI is InChI=1S/C13H17FN2O4/c1-13(2,3)15(8-12(17)18)7-9-4-5-11(16(19)20)10(14)6-9/h4-6H,7-8H2,1-3H3,(H,17,18). The molecule has 1 aromatic carbocycles. The number of carboxylic acids is 1. The number of carbonyl (C=O) groups is 1. The summed E-state index contributed by atoms with van der Waals surface area (Å²) in [7, 11) is 0. The number of hydrogen-bond acceptors (Lipinski definition) is 4. The van der Waals surface area contributed by atoms with Crippen molar-refractivity contribution in [3.8, 4) is 0 Å². The van der Waals surface area contributed by atoms with Gasteiger partial charge >= 0.3 is 11.7 Å². The average Bonchev–Trinajstić information content (AvgIpc) is 2.25. The van der Waals surface area contributed by atoms with Gasteiger partial charge in [-0.3, -0.25) is 19.8 Å². The Morgan fingerprint density at radius 3 is 2.45 bits per heavy atom. The summed E-state index contributed by atoms with van der Waals surface area (Å²) in [6.45, 7) is 5.54. The molecular weight excluding hydrogens is 267 g/mol. The van der Waals surface area contributed by atoms with E-state index < -0.39 is 27.9 Å². The maximum absolute atomic E-state index is 13.5. The second kappa shape index (κ2) is 5.96. The van der Waals surface area contributed by atoms with Crippen molar-refractivity contribution in [2.45, 2.75) is 32.9 Å². The van der Waals surface area contributed by atoms with Gasteiger partial charge in [0.15, 0.2) is 0 Å². The first kappa shape index (κ1) is 16.0. The van der Waals surface area contributed by atoms with Crippen molar-refractivity contribution in [1.82, 2.24) is 4.90 Å². The lowest BCUT2D eigenvalue weighted by atomic mass is 10.0. The Morgan fingerprint density at radius 2 is 2.05 bits per heavy atom. The number of rotatable bonds is 5. The number of halogens is 1. The number of benzene rings is 1. The predicted molar refractivity (Wildman–Crippen MR) is 70.9 cm³/mol. The molecule has 0 bridgehead atoms. The molecule has 6 nitrogen and oxygen atoms in total. The highest BCUT2D eigenvalue weighted by atomic mass is 19.1. The fourth-order valence-electron chi connectivity index (χ4n) is 1.71. The molecule has 1 N–H and O–H groups in total. The second-order valence-electron chi connectivity index (χ2n) is 5.46. The molecule has 0 saturated carbocycles. The van der Waals surface area contributed by atoms with Crippen molar-refractivity contribution in [3.63, 3.8) is 0 Å². The molecule has 110 valence electrons. The summed E-state index contributed by atoms with van der Waals surface area (Å²) >= 11 is 0. The van der Waals surface area contributed by atoms with Crippen LogP contribution in [0.15, 0.2) is 18.2 Å². The van der Waals surface area contributed by atoms with E-state index in [1.54, 1.807) is 4.90 Å². The van der Waals surface area contributed by atoms with E-state index in [0.29, 0.717) is 5.56 Å². The smallest absolute Gasteiger partial charge is 0.317 e. The molecule has 1 aromatic rings. The van der Waals surface area contributed by atoms with Crippen LogP contribution in [-0.4, -0.2) is 33.0 Å². The Labute approximate surface area is 116 Å². The van der Waals surface area contributed by atoms with Crippen molar-refractivity contribution in [1.29, 1.82) is 0 Å². The van der Waals surface area contributed by atoms with Crippen LogP contribution in [-0.2, 0) is 11.3 Å². The summed E-state index contributed by atoms with van der Waals surface area (Å²) < 4.78 is 13.5. The third-order valence-corrected chi connectivity index (χ3v) is 2.86. The SMILES string of the molecule is CC(C)(C)N(CC(=O)O)Cc1ccc([N+](=O)[O-])c(F)c1. The fraction of sp³-hybridized carbons (Fsp3) is 0.462. The Balaban J connectivity index is 2.97. The molecule has 0 fully saturated rings. The molecule has 0 amide bonds. The highest BCUT2D eigenvalue weighted by Gasteiger charge is 2.24. The largest absolute Gasteiger partial charge is 0.480 e. The number of nitro groups is 1. The van der Waals surface area contributed by atoms with Crippen LogP contribution in [0.2, 0.25) is 0 Å². The minimum absolute atomic E-state index is 0.192. The van der Waals surface area contributed by atoms with Gasteiger partial charge in [-0.2, -0.15) is 4.39 Å². The normalized spacial score (nSPS) is 11.7. The van der Waals surface area contributed by atoms with Gasteiger partial charge in [-0.05, 0) is 32.4 Å². The van der Waals surface area contributed by atoms with Crippen LogP contribution in [0.4, 0.5) is 10.1 Å². The maximum Gasteiger partial charge on any atom is 0.317 e. The highest BCUT2D eigenvalue weighted by molar-refractivity contribution is 5.69. The van der Waals surface area contributed by atoms with Gasteiger partial charge in [0.25, 0.3) is 0 Å². The van der Waals surface area contributed by atoms with Crippen LogP contribution in [0.25, 0.3) is 0 Å². The summed E-state index contributed by atoms with van der Waals surface area (Å²) in [5.74, 6) is -1.90.